The van der Waals surface area contributed by atoms with Crippen LogP contribution in [0.15, 0.2) is 48.5 Å². The van der Waals surface area contributed by atoms with E-state index in [1.807, 2.05) is 43.3 Å². The number of nitrogens with zero attached hydrogens (tertiary/aromatic N) is 2. The third kappa shape index (κ3) is 4.08. The Hall–Kier alpha value is -2.80. The second-order valence-electron chi connectivity index (χ2n) is 4.98. The van der Waals surface area contributed by atoms with E-state index in [1.165, 1.54) is 0 Å². The lowest BCUT2D eigenvalue weighted by Gasteiger charge is -2.14. The average molecular weight is 279 g/mol. The molecule has 21 heavy (non-hydrogen) atoms. The number of carbonyl (C=O) groups is 1. The van der Waals surface area contributed by atoms with Crippen molar-refractivity contribution in [1.29, 1.82) is 5.26 Å². The van der Waals surface area contributed by atoms with Crippen LogP contribution >= 0.6 is 0 Å². The van der Waals surface area contributed by atoms with Gasteiger partial charge in [-0.3, -0.25) is 4.79 Å². The summed E-state index contributed by atoms with van der Waals surface area (Å²) >= 11 is 0. The molecule has 0 aliphatic carbocycles. The molecule has 0 aliphatic rings. The number of nitrogens with one attached hydrogen (secondary N) is 1. The topological polar surface area (TPSA) is 56.1 Å². The Morgan fingerprint density at radius 2 is 1.90 bits per heavy atom. The number of hydrogen-bond acceptors (Lipinski definition) is 3. The first-order chi connectivity index (χ1) is 10.1. The summed E-state index contributed by atoms with van der Waals surface area (Å²) < 4.78 is 0. The van der Waals surface area contributed by atoms with E-state index < -0.39 is 0 Å². The van der Waals surface area contributed by atoms with Crippen LogP contribution < -0.4 is 10.2 Å². The molecule has 0 bridgehead atoms. The third-order valence-corrected chi connectivity index (χ3v) is 3.09. The van der Waals surface area contributed by atoms with Crippen LogP contribution in [-0.2, 0) is 11.2 Å². The van der Waals surface area contributed by atoms with Crippen molar-refractivity contribution in [3.05, 3.63) is 59.7 Å². The fourth-order valence-electron chi connectivity index (χ4n) is 1.95. The van der Waals surface area contributed by atoms with Gasteiger partial charge >= 0.3 is 0 Å². The van der Waals surface area contributed by atoms with Gasteiger partial charge in [-0.15, -0.1) is 0 Å². The van der Waals surface area contributed by atoms with Gasteiger partial charge in [0.25, 0.3) is 0 Å². The minimum absolute atomic E-state index is 0.0735. The van der Waals surface area contributed by atoms with Crippen molar-refractivity contribution < 1.29 is 4.79 Å². The van der Waals surface area contributed by atoms with E-state index in [0.29, 0.717) is 5.56 Å². The SMILES string of the molecule is CN(C)c1cccc(NC(=O)Cc2ccc(C#N)cc2)c1. The van der Waals surface area contributed by atoms with Gasteiger partial charge in [0.1, 0.15) is 0 Å². The molecule has 0 radical (unpaired) electrons. The predicted octanol–water partition coefficient (Wildman–Crippen LogP) is 2.81. The molecule has 2 rings (SSSR count). The van der Waals surface area contributed by atoms with Crippen molar-refractivity contribution in [2.45, 2.75) is 6.42 Å². The summed E-state index contributed by atoms with van der Waals surface area (Å²) in [5.74, 6) is -0.0735. The van der Waals surface area contributed by atoms with Gasteiger partial charge in [0.2, 0.25) is 5.91 Å². The van der Waals surface area contributed by atoms with Crippen LogP contribution in [0.2, 0.25) is 0 Å². The van der Waals surface area contributed by atoms with E-state index in [1.54, 1.807) is 24.3 Å². The second-order valence-corrected chi connectivity index (χ2v) is 4.98. The van der Waals surface area contributed by atoms with E-state index in [2.05, 4.69) is 11.4 Å². The molecule has 0 saturated heterocycles. The van der Waals surface area contributed by atoms with Crippen LogP contribution in [0.4, 0.5) is 11.4 Å². The summed E-state index contributed by atoms with van der Waals surface area (Å²) in [5, 5.41) is 11.6. The van der Waals surface area contributed by atoms with E-state index >= 15 is 0 Å². The second kappa shape index (κ2) is 6.58. The molecule has 0 atom stereocenters. The van der Waals surface area contributed by atoms with Gasteiger partial charge in [0, 0.05) is 25.5 Å². The van der Waals surface area contributed by atoms with Gasteiger partial charge in [0.05, 0.1) is 18.1 Å². The molecule has 0 saturated carbocycles. The highest BCUT2D eigenvalue weighted by atomic mass is 16.1. The normalized spacial score (nSPS) is 9.76. The summed E-state index contributed by atoms with van der Waals surface area (Å²) in [6.45, 7) is 0. The fourth-order valence-corrected chi connectivity index (χ4v) is 1.95. The zero-order valence-electron chi connectivity index (χ0n) is 12.1. The standard InChI is InChI=1S/C17H17N3O/c1-20(2)16-5-3-4-15(11-16)19-17(21)10-13-6-8-14(12-18)9-7-13/h3-9,11H,10H2,1-2H3,(H,19,21). The van der Waals surface area contributed by atoms with Gasteiger partial charge < -0.3 is 10.2 Å². The van der Waals surface area contributed by atoms with Gasteiger partial charge in [-0.25, -0.2) is 0 Å². The first kappa shape index (κ1) is 14.6. The summed E-state index contributed by atoms with van der Waals surface area (Å²) in [4.78, 5) is 14.0. The molecule has 0 spiro atoms. The zero-order chi connectivity index (χ0) is 15.2. The van der Waals surface area contributed by atoms with Crippen molar-refractivity contribution in [1.82, 2.24) is 0 Å². The molecule has 1 N–H and O–H groups in total. The molecule has 106 valence electrons. The molecule has 0 heterocycles. The van der Waals surface area contributed by atoms with Crippen molar-refractivity contribution >= 4 is 17.3 Å². The average Bonchev–Trinajstić information content (AvgIpc) is 2.48. The molecule has 4 heteroatoms. The molecular formula is C17H17N3O. The Kier molecular flexibility index (Phi) is 4.57. The summed E-state index contributed by atoms with van der Waals surface area (Å²) in [5.41, 5.74) is 3.29. The Morgan fingerprint density at radius 3 is 2.52 bits per heavy atom. The summed E-state index contributed by atoms with van der Waals surface area (Å²) in [6, 6.07) is 16.8. The first-order valence-electron chi connectivity index (χ1n) is 6.65. The number of hydrogen-bond donors (Lipinski definition) is 1. The van der Waals surface area contributed by atoms with Crippen molar-refractivity contribution in [2.24, 2.45) is 0 Å². The molecule has 0 unspecified atom stereocenters. The number of anilines is 2. The minimum Gasteiger partial charge on any atom is -0.378 e. The van der Waals surface area contributed by atoms with Crippen LogP contribution in [0.3, 0.4) is 0 Å². The summed E-state index contributed by atoms with van der Waals surface area (Å²) in [7, 11) is 3.91. The highest BCUT2D eigenvalue weighted by Gasteiger charge is 2.05. The highest BCUT2D eigenvalue weighted by molar-refractivity contribution is 5.92. The number of rotatable bonds is 4. The summed E-state index contributed by atoms with van der Waals surface area (Å²) in [6.07, 6.45) is 0.290. The van der Waals surface area contributed by atoms with E-state index in [0.717, 1.165) is 16.9 Å². The zero-order valence-corrected chi connectivity index (χ0v) is 12.1. The maximum absolute atomic E-state index is 12.0. The Morgan fingerprint density at radius 1 is 1.19 bits per heavy atom. The maximum Gasteiger partial charge on any atom is 0.228 e. The lowest BCUT2D eigenvalue weighted by molar-refractivity contribution is -0.115. The molecule has 0 aliphatic heterocycles. The Balaban J connectivity index is 2.01. The predicted molar refractivity (Wildman–Crippen MR) is 84.3 cm³/mol. The van der Waals surface area contributed by atoms with Gasteiger partial charge in [0.15, 0.2) is 0 Å². The van der Waals surface area contributed by atoms with Crippen molar-refractivity contribution in [3.63, 3.8) is 0 Å². The first-order valence-corrected chi connectivity index (χ1v) is 6.65. The number of amides is 1. The maximum atomic E-state index is 12.0. The molecule has 2 aromatic rings. The van der Waals surface area contributed by atoms with Crippen LogP contribution in [0.1, 0.15) is 11.1 Å². The fraction of sp³-hybridized carbons (Fsp3) is 0.176. The molecular weight excluding hydrogens is 262 g/mol. The molecule has 1 amide bonds. The van der Waals surface area contributed by atoms with Gasteiger partial charge in [-0.1, -0.05) is 18.2 Å². The van der Waals surface area contributed by atoms with E-state index in [4.69, 9.17) is 5.26 Å². The van der Waals surface area contributed by atoms with Crippen molar-refractivity contribution in [2.75, 3.05) is 24.3 Å². The molecule has 4 nitrogen and oxygen atoms in total. The number of nitriles is 1. The molecule has 2 aromatic carbocycles. The Labute approximate surface area is 124 Å². The third-order valence-electron chi connectivity index (χ3n) is 3.09. The highest BCUT2D eigenvalue weighted by Crippen LogP contribution is 2.17. The Bertz CT molecular complexity index is 669. The van der Waals surface area contributed by atoms with E-state index in [9.17, 15) is 4.79 Å². The van der Waals surface area contributed by atoms with Crippen LogP contribution in [0, 0.1) is 11.3 Å². The van der Waals surface area contributed by atoms with Gasteiger partial charge in [-0.05, 0) is 35.9 Å². The van der Waals surface area contributed by atoms with Crippen LogP contribution in [-0.4, -0.2) is 20.0 Å². The lowest BCUT2D eigenvalue weighted by atomic mass is 10.1. The van der Waals surface area contributed by atoms with Crippen molar-refractivity contribution in [3.8, 4) is 6.07 Å². The van der Waals surface area contributed by atoms with Crippen LogP contribution in [0.5, 0.6) is 0 Å². The number of benzene rings is 2. The van der Waals surface area contributed by atoms with Gasteiger partial charge in [-0.2, -0.15) is 5.26 Å². The smallest absolute Gasteiger partial charge is 0.228 e. The molecule has 0 fully saturated rings. The minimum atomic E-state index is -0.0735. The quantitative estimate of drug-likeness (QED) is 0.936. The lowest BCUT2D eigenvalue weighted by Crippen LogP contribution is -2.15. The van der Waals surface area contributed by atoms with Crippen LogP contribution in [0.25, 0.3) is 0 Å². The number of carbonyl (C=O) groups excluding carboxylic acids is 1. The van der Waals surface area contributed by atoms with E-state index in [-0.39, 0.29) is 12.3 Å². The molecule has 0 aromatic heterocycles. The largest absolute Gasteiger partial charge is 0.378 e. The monoisotopic (exact) mass is 279 g/mol.